The van der Waals surface area contributed by atoms with Crippen molar-refractivity contribution in [3.8, 4) is 5.69 Å². The van der Waals surface area contributed by atoms with E-state index >= 15 is 0 Å². The van der Waals surface area contributed by atoms with Gasteiger partial charge in [0.15, 0.2) is 0 Å². The van der Waals surface area contributed by atoms with Crippen molar-refractivity contribution in [1.82, 2.24) is 9.55 Å². The molecule has 0 radical (unpaired) electrons. The topological polar surface area (TPSA) is 96.0 Å². The van der Waals surface area contributed by atoms with Crippen LogP contribution < -0.4 is 16.2 Å². The Morgan fingerprint density at radius 2 is 1.85 bits per heavy atom. The molecule has 7 nitrogen and oxygen atoms in total. The summed E-state index contributed by atoms with van der Waals surface area (Å²) in [6, 6.07) is 17.4. The highest BCUT2D eigenvalue weighted by atomic mass is 19.1. The molecule has 2 aromatic heterocycles. The van der Waals surface area contributed by atoms with Crippen molar-refractivity contribution >= 4 is 34.8 Å². The van der Waals surface area contributed by atoms with E-state index in [-0.39, 0.29) is 17.2 Å². The van der Waals surface area contributed by atoms with Crippen molar-refractivity contribution in [2.75, 3.05) is 10.6 Å². The predicted molar refractivity (Wildman–Crippen MR) is 124 cm³/mol. The van der Waals surface area contributed by atoms with Gasteiger partial charge in [0.2, 0.25) is 0 Å². The van der Waals surface area contributed by atoms with Crippen molar-refractivity contribution in [2.45, 2.75) is 0 Å². The molecule has 33 heavy (non-hydrogen) atoms. The number of H-pyrrole nitrogens is 1. The van der Waals surface area contributed by atoms with Gasteiger partial charge >= 0.3 is 0 Å². The quantitative estimate of drug-likeness (QED) is 0.418. The first kappa shape index (κ1) is 20.2. The fourth-order valence-electron chi connectivity index (χ4n) is 3.71. The average molecular weight is 440 g/mol. The number of fused-ring (bicyclic) bond motifs is 1. The van der Waals surface area contributed by atoms with Crippen LogP contribution in [0.4, 0.5) is 15.8 Å². The van der Waals surface area contributed by atoms with Crippen LogP contribution in [0.2, 0.25) is 0 Å². The third-order valence-electron chi connectivity index (χ3n) is 5.29. The van der Waals surface area contributed by atoms with Crippen molar-refractivity contribution in [1.29, 1.82) is 0 Å². The zero-order valence-corrected chi connectivity index (χ0v) is 17.1. The van der Waals surface area contributed by atoms with Gasteiger partial charge in [-0.2, -0.15) is 0 Å². The molecule has 1 aliphatic rings. The Labute approximate surface area is 187 Å². The molecule has 0 saturated heterocycles. The van der Waals surface area contributed by atoms with Crippen molar-refractivity contribution in [3.63, 3.8) is 0 Å². The zero-order valence-electron chi connectivity index (χ0n) is 17.1. The SMILES string of the molecule is O=C1Nc2cc(NC(=O)c3cccn(-c4ccccc4F)c3=O)ccc2C1=Cc1ccc[nH]1. The van der Waals surface area contributed by atoms with Crippen LogP contribution in [0.3, 0.4) is 0 Å². The Hall–Kier alpha value is -4.72. The third-order valence-corrected chi connectivity index (χ3v) is 5.29. The van der Waals surface area contributed by atoms with Crippen LogP contribution in [0.1, 0.15) is 21.6 Å². The van der Waals surface area contributed by atoms with Gasteiger partial charge in [0, 0.05) is 29.3 Å². The summed E-state index contributed by atoms with van der Waals surface area (Å²) in [5, 5.41) is 5.46. The molecule has 0 fully saturated rings. The zero-order chi connectivity index (χ0) is 22.9. The highest BCUT2D eigenvalue weighted by Gasteiger charge is 2.25. The first-order valence-electron chi connectivity index (χ1n) is 10.1. The number of pyridine rings is 1. The van der Waals surface area contributed by atoms with Crippen molar-refractivity contribution in [3.05, 3.63) is 112 Å². The standard InChI is InChI=1S/C25H17FN4O3/c26-20-7-1-2-8-22(20)30-12-4-6-18(25(30)33)23(31)28-16-9-10-17-19(13-15-5-3-11-27-15)24(32)29-21(17)14-16/h1-14,27H,(H,28,31)(H,29,32). The number of benzene rings is 2. The maximum atomic E-state index is 14.1. The van der Waals surface area contributed by atoms with Gasteiger partial charge in [-0.1, -0.05) is 18.2 Å². The number of halogens is 1. The van der Waals surface area contributed by atoms with E-state index < -0.39 is 17.3 Å². The largest absolute Gasteiger partial charge is 0.362 e. The van der Waals surface area contributed by atoms with Gasteiger partial charge in [0.1, 0.15) is 11.4 Å². The number of hydrogen-bond donors (Lipinski definition) is 3. The molecule has 0 saturated carbocycles. The molecule has 5 rings (SSSR count). The molecule has 2 aromatic carbocycles. The molecule has 162 valence electrons. The monoisotopic (exact) mass is 440 g/mol. The van der Waals surface area contributed by atoms with Crippen LogP contribution in [-0.2, 0) is 4.79 Å². The molecular formula is C25H17FN4O3. The normalized spacial score (nSPS) is 13.6. The van der Waals surface area contributed by atoms with Gasteiger partial charge in [-0.3, -0.25) is 19.0 Å². The summed E-state index contributed by atoms with van der Waals surface area (Å²) in [5.41, 5.74) is 2.21. The average Bonchev–Trinajstić information content (AvgIpc) is 3.42. The maximum Gasteiger partial charge on any atom is 0.268 e. The number of para-hydroxylation sites is 1. The lowest BCUT2D eigenvalue weighted by Gasteiger charge is -2.10. The second-order valence-corrected chi connectivity index (χ2v) is 7.40. The molecule has 0 atom stereocenters. The molecule has 0 aliphatic carbocycles. The van der Waals surface area contributed by atoms with E-state index in [1.54, 1.807) is 36.5 Å². The number of aromatic amines is 1. The highest BCUT2D eigenvalue weighted by Crippen LogP contribution is 2.35. The lowest BCUT2D eigenvalue weighted by Crippen LogP contribution is -2.28. The number of nitrogens with one attached hydrogen (secondary N) is 3. The van der Waals surface area contributed by atoms with E-state index in [4.69, 9.17) is 0 Å². The van der Waals surface area contributed by atoms with Crippen molar-refractivity contribution in [2.24, 2.45) is 0 Å². The number of rotatable bonds is 4. The number of nitrogens with zero attached hydrogens (tertiary/aromatic N) is 1. The number of hydrogen-bond acceptors (Lipinski definition) is 3. The summed E-state index contributed by atoms with van der Waals surface area (Å²) in [4.78, 5) is 41.1. The minimum absolute atomic E-state index is 0.0544. The van der Waals surface area contributed by atoms with Crippen LogP contribution >= 0.6 is 0 Å². The fourth-order valence-corrected chi connectivity index (χ4v) is 3.71. The second-order valence-electron chi connectivity index (χ2n) is 7.40. The first-order chi connectivity index (χ1) is 16.0. The van der Waals surface area contributed by atoms with Crippen LogP contribution in [-0.4, -0.2) is 21.4 Å². The number of anilines is 2. The number of amides is 2. The molecule has 0 bridgehead atoms. The Kier molecular flexibility index (Phi) is 4.95. The Morgan fingerprint density at radius 3 is 2.64 bits per heavy atom. The number of aromatic nitrogens is 2. The minimum atomic E-state index is -0.647. The molecule has 2 amide bonds. The van der Waals surface area contributed by atoms with Gasteiger partial charge in [-0.15, -0.1) is 0 Å². The van der Waals surface area contributed by atoms with Gasteiger partial charge in [0.25, 0.3) is 17.4 Å². The van der Waals surface area contributed by atoms with Gasteiger partial charge in [-0.05, 0) is 54.6 Å². The number of carbonyl (C=O) groups excluding carboxylic acids is 2. The third kappa shape index (κ3) is 3.74. The van der Waals surface area contributed by atoms with Crippen molar-refractivity contribution < 1.29 is 14.0 Å². The molecule has 3 heterocycles. The van der Waals surface area contributed by atoms with E-state index in [1.165, 1.54) is 36.5 Å². The molecule has 8 heteroatoms. The van der Waals surface area contributed by atoms with Gasteiger partial charge in [0.05, 0.1) is 16.9 Å². The van der Waals surface area contributed by atoms with E-state index in [0.717, 1.165) is 10.3 Å². The second kappa shape index (κ2) is 8.08. The summed E-state index contributed by atoms with van der Waals surface area (Å²) < 4.78 is 15.2. The summed E-state index contributed by atoms with van der Waals surface area (Å²) >= 11 is 0. The minimum Gasteiger partial charge on any atom is -0.362 e. The van der Waals surface area contributed by atoms with E-state index in [0.29, 0.717) is 22.5 Å². The Morgan fingerprint density at radius 1 is 1.00 bits per heavy atom. The van der Waals surface area contributed by atoms with E-state index in [2.05, 4.69) is 15.6 Å². The van der Waals surface area contributed by atoms with Crippen LogP contribution in [0.15, 0.2) is 83.9 Å². The first-order valence-corrected chi connectivity index (χ1v) is 10.1. The summed E-state index contributed by atoms with van der Waals surface area (Å²) in [7, 11) is 0. The Bertz CT molecular complexity index is 1490. The highest BCUT2D eigenvalue weighted by molar-refractivity contribution is 6.35. The predicted octanol–water partition coefficient (Wildman–Crippen LogP) is 4.05. The molecule has 3 N–H and O–H groups in total. The van der Waals surface area contributed by atoms with Gasteiger partial charge < -0.3 is 15.6 Å². The van der Waals surface area contributed by atoms with Crippen LogP contribution in [0, 0.1) is 5.82 Å². The fraction of sp³-hybridized carbons (Fsp3) is 0. The molecule has 0 spiro atoms. The summed E-state index contributed by atoms with van der Waals surface area (Å²) in [5.74, 6) is -1.47. The lowest BCUT2D eigenvalue weighted by atomic mass is 10.1. The molecule has 4 aromatic rings. The van der Waals surface area contributed by atoms with E-state index in [9.17, 15) is 18.8 Å². The van der Waals surface area contributed by atoms with Crippen LogP contribution in [0.25, 0.3) is 17.3 Å². The lowest BCUT2D eigenvalue weighted by molar-refractivity contribution is -0.110. The number of carbonyl (C=O) groups is 2. The molecule has 1 aliphatic heterocycles. The summed E-state index contributed by atoms with van der Waals surface area (Å²) in [6.07, 6.45) is 4.91. The Balaban J connectivity index is 1.43. The van der Waals surface area contributed by atoms with Gasteiger partial charge in [-0.25, -0.2) is 4.39 Å². The smallest absolute Gasteiger partial charge is 0.268 e. The van der Waals surface area contributed by atoms with E-state index in [1.807, 2.05) is 12.1 Å². The van der Waals surface area contributed by atoms with Crippen LogP contribution in [0.5, 0.6) is 0 Å². The molecule has 0 unspecified atom stereocenters. The maximum absolute atomic E-state index is 14.1. The molecular weight excluding hydrogens is 423 g/mol. The summed E-state index contributed by atoms with van der Waals surface area (Å²) in [6.45, 7) is 0.